The summed E-state index contributed by atoms with van der Waals surface area (Å²) in [5.74, 6) is 2.88. The van der Waals surface area contributed by atoms with E-state index in [2.05, 4.69) is 42.9 Å². The highest BCUT2D eigenvalue weighted by Gasteiger charge is 2.28. The lowest BCUT2D eigenvalue weighted by atomic mass is 10.1. The van der Waals surface area contributed by atoms with Crippen LogP contribution in [0.5, 0.6) is 0 Å². The first-order valence-electron chi connectivity index (χ1n) is 7.62. The van der Waals surface area contributed by atoms with Gasteiger partial charge in [-0.15, -0.1) is 24.0 Å². The number of hydrogen-bond donors (Lipinski definition) is 1. The molecule has 0 atom stereocenters. The first-order valence-corrected chi connectivity index (χ1v) is 8.60. The molecule has 1 aliphatic heterocycles. The molecule has 1 rings (SSSR count). The summed E-state index contributed by atoms with van der Waals surface area (Å²) < 4.78 is 5.94. The zero-order valence-electron chi connectivity index (χ0n) is 14.1. The maximum Gasteiger partial charge on any atom is 0.193 e. The van der Waals surface area contributed by atoms with E-state index < -0.39 is 0 Å². The first kappa shape index (κ1) is 21.3. The molecule has 0 aromatic heterocycles. The van der Waals surface area contributed by atoms with Gasteiger partial charge in [0.25, 0.3) is 0 Å². The van der Waals surface area contributed by atoms with Crippen molar-refractivity contribution in [2.75, 3.05) is 45.6 Å². The summed E-state index contributed by atoms with van der Waals surface area (Å²) in [7, 11) is 1.86. The van der Waals surface area contributed by atoms with Crippen molar-refractivity contribution in [2.24, 2.45) is 10.9 Å². The number of rotatable bonds is 6. The minimum absolute atomic E-state index is 0. The van der Waals surface area contributed by atoms with E-state index in [1.807, 2.05) is 18.8 Å². The van der Waals surface area contributed by atoms with Gasteiger partial charge in [0.05, 0.1) is 6.61 Å². The molecule has 0 aromatic carbocycles. The second-order valence-corrected chi connectivity index (χ2v) is 8.10. The van der Waals surface area contributed by atoms with Gasteiger partial charge in [0, 0.05) is 43.8 Å². The zero-order chi connectivity index (χ0) is 15.0. The Morgan fingerprint density at radius 3 is 2.67 bits per heavy atom. The Labute approximate surface area is 151 Å². The van der Waals surface area contributed by atoms with Crippen molar-refractivity contribution in [2.45, 2.75) is 38.9 Å². The van der Waals surface area contributed by atoms with Crippen LogP contribution in [0.25, 0.3) is 0 Å². The molecule has 4 nitrogen and oxygen atoms in total. The van der Waals surface area contributed by atoms with Crippen molar-refractivity contribution in [3.05, 3.63) is 0 Å². The Morgan fingerprint density at radius 1 is 1.38 bits per heavy atom. The van der Waals surface area contributed by atoms with Crippen molar-refractivity contribution in [3.63, 3.8) is 0 Å². The van der Waals surface area contributed by atoms with Crippen LogP contribution in [-0.2, 0) is 4.74 Å². The number of nitrogens with one attached hydrogen (secondary N) is 1. The molecule has 1 fully saturated rings. The summed E-state index contributed by atoms with van der Waals surface area (Å²) >= 11 is 2.04. The highest BCUT2D eigenvalue weighted by atomic mass is 127. The number of aliphatic imine (C=N–C) groups is 1. The second-order valence-electron chi connectivity index (χ2n) is 6.30. The smallest absolute Gasteiger partial charge is 0.193 e. The van der Waals surface area contributed by atoms with Crippen LogP contribution in [0.3, 0.4) is 0 Å². The van der Waals surface area contributed by atoms with Crippen LogP contribution in [0.1, 0.15) is 34.1 Å². The number of ether oxygens (including phenoxy) is 1. The van der Waals surface area contributed by atoms with Crippen LogP contribution in [0, 0.1) is 5.92 Å². The fraction of sp³-hybridized carbons (Fsp3) is 0.933. The van der Waals surface area contributed by atoms with Gasteiger partial charge in [-0.3, -0.25) is 4.99 Å². The lowest BCUT2D eigenvalue weighted by Crippen LogP contribution is -2.51. The van der Waals surface area contributed by atoms with Crippen LogP contribution >= 0.6 is 35.7 Å². The normalized spacial score (nSPS) is 18.6. The van der Waals surface area contributed by atoms with Crippen molar-refractivity contribution in [3.8, 4) is 0 Å². The van der Waals surface area contributed by atoms with E-state index in [1.165, 1.54) is 5.75 Å². The van der Waals surface area contributed by atoms with Gasteiger partial charge in [-0.1, -0.05) is 13.8 Å². The van der Waals surface area contributed by atoms with E-state index in [9.17, 15) is 0 Å². The highest BCUT2D eigenvalue weighted by Crippen LogP contribution is 2.29. The molecule has 1 N–H and O–H groups in total. The number of guanidine groups is 1. The standard InChI is InChI=1S/C15H31N3OS.HI/c1-13(2)6-9-19-10-7-17-14(16-5)18-8-11-20-15(3,4)12-18;/h13H,6-12H2,1-5H3,(H,16,17);1H. The first-order chi connectivity index (χ1) is 9.44. The van der Waals surface area contributed by atoms with Gasteiger partial charge in [-0.2, -0.15) is 11.8 Å². The maximum atomic E-state index is 5.63. The molecule has 1 saturated heterocycles. The second kappa shape index (κ2) is 10.9. The summed E-state index contributed by atoms with van der Waals surface area (Å²) in [5, 5.41) is 3.41. The highest BCUT2D eigenvalue weighted by molar-refractivity contribution is 14.0. The Kier molecular flexibility index (Phi) is 11.1. The fourth-order valence-electron chi connectivity index (χ4n) is 2.19. The lowest BCUT2D eigenvalue weighted by molar-refractivity contribution is 0.127. The van der Waals surface area contributed by atoms with E-state index in [-0.39, 0.29) is 24.0 Å². The van der Waals surface area contributed by atoms with Crippen molar-refractivity contribution >= 4 is 41.7 Å². The fourth-order valence-corrected chi connectivity index (χ4v) is 3.30. The van der Waals surface area contributed by atoms with Crippen LogP contribution < -0.4 is 5.32 Å². The third-order valence-electron chi connectivity index (χ3n) is 3.31. The third-order valence-corrected chi connectivity index (χ3v) is 4.60. The number of nitrogens with zero attached hydrogens (tertiary/aromatic N) is 2. The quantitative estimate of drug-likeness (QED) is 0.305. The molecule has 6 heteroatoms. The average molecular weight is 429 g/mol. The van der Waals surface area contributed by atoms with E-state index >= 15 is 0 Å². The number of hydrogen-bond acceptors (Lipinski definition) is 3. The van der Waals surface area contributed by atoms with Crippen LogP contribution in [0.4, 0.5) is 0 Å². The predicted octanol–water partition coefficient (Wildman–Crippen LogP) is 3.07. The Morgan fingerprint density at radius 2 is 2.10 bits per heavy atom. The summed E-state index contributed by atoms with van der Waals surface area (Å²) in [4.78, 5) is 6.74. The van der Waals surface area contributed by atoms with Crippen molar-refractivity contribution in [1.29, 1.82) is 0 Å². The van der Waals surface area contributed by atoms with Crippen molar-refractivity contribution < 1.29 is 4.74 Å². The average Bonchev–Trinajstić information content (AvgIpc) is 2.36. The third kappa shape index (κ3) is 9.13. The number of halogens is 1. The molecule has 0 amide bonds. The molecule has 0 aromatic rings. The summed E-state index contributed by atoms with van der Waals surface area (Å²) in [6, 6.07) is 0. The van der Waals surface area contributed by atoms with Crippen LogP contribution in [0.2, 0.25) is 0 Å². The number of thioether (sulfide) groups is 1. The zero-order valence-corrected chi connectivity index (χ0v) is 17.3. The molecule has 1 heterocycles. The maximum absolute atomic E-state index is 5.63. The van der Waals surface area contributed by atoms with Crippen LogP contribution in [0.15, 0.2) is 4.99 Å². The molecule has 0 bridgehead atoms. The molecule has 21 heavy (non-hydrogen) atoms. The van der Waals surface area contributed by atoms with Crippen LogP contribution in [-0.4, -0.2) is 61.3 Å². The minimum Gasteiger partial charge on any atom is -0.380 e. The monoisotopic (exact) mass is 429 g/mol. The summed E-state index contributed by atoms with van der Waals surface area (Å²) in [5.41, 5.74) is 0. The molecule has 0 aliphatic carbocycles. The predicted molar refractivity (Wildman–Crippen MR) is 105 cm³/mol. The van der Waals surface area contributed by atoms with Gasteiger partial charge in [-0.25, -0.2) is 0 Å². The lowest BCUT2D eigenvalue weighted by Gasteiger charge is -2.39. The van der Waals surface area contributed by atoms with Gasteiger partial charge in [-0.05, 0) is 26.2 Å². The van der Waals surface area contributed by atoms with Gasteiger partial charge >= 0.3 is 0 Å². The van der Waals surface area contributed by atoms with Gasteiger partial charge in [0.2, 0.25) is 0 Å². The van der Waals surface area contributed by atoms with E-state index in [0.29, 0.717) is 10.7 Å². The molecule has 126 valence electrons. The molecule has 0 unspecified atom stereocenters. The molecule has 0 spiro atoms. The Balaban J connectivity index is 0.00000400. The Hall–Kier alpha value is 0.310. The van der Waals surface area contributed by atoms with Gasteiger partial charge < -0.3 is 15.0 Å². The van der Waals surface area contributed by atoms with Gasteiger partial charge in [0.1, 0.15) is 0 Å². The molecular formula is C15H32IN3OS. The largest absolute Gasteiger partial charge is 0.380 e. The topological polar surface area (TPSA) is 36.9 Å². The van der Waals surface area contributed by atoms with E-state index in [0.717, 1.165) is 45.2 Å². The SMILES string of the molecule is CN=C(NCCOCCC(C)C)N1CCSC(C)(C)C1.I. The van der Waals surface area contributed by atoms with Crippen molar-refractivity contribution in [1.82, 2.24) is 10.2 Å². The molecule has 0 saturated carbocycles. The summed E-state index contributed by atoms with van der Waals surface area (Å²) in [6.45, 7) is 13.6. The van der Waals surface area contributed by atoms with E-state index in [1.54, 1.807) is 0 Å². The molecular weight excluding hydrogens is 397 g/mol. The molecule has 1 aliphatic rings. The Bertz CT molecular complexity index is 311. The van der Waals surface area contributed by atoms with Gasteiger partial charge in [0.15, 0.2) is 5.96 Å². The molecule has 0 radical (unpaired) electrons. The minimum atomic E-state index is 0. The van der Waals surface area contributed by atoms with E-state index in [4.69, 9.17) is 4.74 Å². The summed E-state index contributed by atoms with van der Waals surface area (Å²) in [6.07, 6.45) is 1.13.